The molecule has 4 nitrogen and oxygen atoms in total. The Balaban J connectivity index is 2.65. The van der Waals surface area contributed by atoms with Crippen LogP contribution in [0.4, 0.5) is 10.5 Å². The molecule has 1 rings (SSSR count). The molecule has 0 saturated carbocycles. The van der Waals surface area contributed by atoms with Gasteiger partial charge in [0.25, 0.3) is 0 Å². The number of hydrogen-bond acceptors (Lipinski definition) is 2. The molecule has 0 bridgehead atoms. The zero-order chi connectivity index (χ0) is 12.7. The minimum absolute atomic E-state index is 0.0697. The Labute approximate surface area is 109 Å². The number of halogens is 1. The molecular formula is C12H15BrN2O2. The number of aliphatic hydroxyl groups is 1. The fraction of sp³-hybridized carbons (Fsp3) is 0.250. The number of rotatable bonds is 5. The van der Waals surface area contributed by atoms with Gasteiger partial charge in [-0.25, -0.2) is 4.79 Å². The lowest BCUT2D eigenvalue weighted by molar-refractivity contribution is 0.195. The lowest BCUT2D eigenvalue weighted by Gasteiger charge is -2.20. The molecule has 0 heterocycles. The molecule has 0 atom stereocenters. The third-order valence-electron chi connectivity index (χ3n) is 2.08. The summed E-state index contributed by atoms with van der Waals surface area (Å²) in [5.74, 6) is 0. The first-order valence-corrected chi connectivity index (χ1v) is 6.00. The molecule has 0 fully saturated rings. The largest absolute Gasteiger partial charge is 0.395 e. The zero-order valence-electron chi connectivity index (χ0n) is 9.40. The van der Waals surface area contributed by atoms with E-state index in [2.05, 4.69) is 27.8 Å². The van der Waals surface area contributed by atoms with Gasteiger partial charge in [0.15, 0.2) is 0 Å². The van der Waals surface area contributed by atoms with Crippen LogP contribution in [0, 0.1) is 0 Å². The summed E-state index contributed by atoms with van der Waals surface area (Å²) in [6.07, 6.45) is 1.62. The molecule has 92 valence electrons. The van der Waals surface area contributed by atoms with E-state index in [1.54, 1.807) is 12.1 Å². The number of benzene rings is 1. The maximum atomic E-state index is 11.8. The Kier molecular flexibility index (Phi) is 5.72. The van der Waals surface area contributed by atoms with E-state index in [0.29, 0.717) is 12.2 Å². The van der Waals surface area contributed by atoms with Crippen molar-refractivity contribution in [1.82, 2.24) is 4.90 Å². The quantitative estimate of drug-likeness (QED) is 0.821. The molecule has 0 aliphatic rings. The Bertz CT molecular complexity index is 396. The van der Waals surface area contributed by atoms with Crippen molar-refractivity contribution in [2.45, 2.75) is 0 Å². The fourth-order valence-corrected chi connectivity index (χ4v) is 1.72. The van der Waals surface area contributed by atoms with Gasteiger partial charge in [0.1, 0.15) is 0 Å². The van der Waals surface area contributed by atoms with Gasteiger partial charge in [-0.05, 0) is 18.2 Å². The fourth-order valence-electron chi connectivity index (χ4n) is 1.32. The van der Waals surface area contributed by atoms with Crippen LogP contribution in [0.1, 0.15) is 0 Å². The van der Waals surface area contributed by atoms with Crippen LogP contribution in [-0.2, 0) is 0 Å². The van der Waals surface area contributed by atoms with Crippen LogP contribution >= 0.6 is 15.9 Å². The molecule has 0 radical (unpaired) electrons. The Morgan fingerprint density at radius 3 is 2.94 bits per heavy atom. The van der Waals surface area contributed by atoms with Crippen molar-refractivity contribution in [2.75, 3.05) is 25.0 Å². The smallest absolute Gasteiger partial charge is 0.322 e. The Morgan fingerprint density at radius 1 is 1.59 bits per heavy atom. The van der Waals surface area contributed by atoms with Crippen molar-refractivity contribution in [3.8, 4) is 0 Å². The van der Waals surface area contributed by atoms with Crippen molar-refractivity contribution in [3.63, 3.8) is 0 Å². The normalized spacial score (nSPS) is 9.76. The number of nitrogens with zero attached hydrogens (tertiary/aromatic N) is 1. The second-order valence-corrected chi connectivity index (χ2v) is 4.31. The molecule has 17 heavy (non-hydrogen) atoms. The molecule has 1 aromatic rings. The second kappa shape index (κ2) is 7.09. The predicted octanol–water partition coefficient (Wildman–Crippen LogP) is 2.46. The maximum absolute atomic E-state index is 11.8. The third-order valence-corrected chi connectivity index (χ3v) is 2.58. The number of urea groups is 1. The number of hydrogen-bond donors (Lipinski definition) is 2. The van der Waals surface area contributed by atoms with Crippen molar-refractivity contribution in [2.24, 2.45) is 0 Å². The van der Waals surface area contributed by atoms with Crippen LogP contribution in [0.25, 0.3) is 0 Å². The number of carbonyl (C=O) groups excluding carboxylic acids is 1. The van der Waals surface area contributed by atoms with Crippen LogP contribution in [0.15, 0.2) is 41.4 Å². The molecule has 0 aliphatic heterocycles. The minimum Gasteiger partial charge on any atom is -0.395 e. The van der Waals surface area contributed by atoms with Crippen LogP contribution in [-0.4, -0.2) is 35.7 Å². The molecule has 0 spiro atoms. The van der Waals surface area contributed by atoms with Gasteiger partial charge in [-0.15, -0.1) is 6.58 Å². The van der Waals surface area contributed by atoms with E-state index in [4.69, 9.17) is 5.11 Å². The van der Waals surface area contributed by atoms with E-state index < -0.39 is 0 Å². The second-order valence-electron chi connectivity index (χ2n) is 3.40. The molecule has 0 aliphatic carbocycles. The molecule has 1 aromatic carbocycles. The molecule has 0 saturated heterocycles. The summed E-state index contributed by atoms with van der Waals surface area (Å²) in [4.78, 5) is 13.3. The first-order valence-electron chi connectivity index (χ1n) is 5.20. The average Bonchev–Trinajstić information content (AvgIpc) is 2.28. The van der Waals surface area contributed by atoms with E-state index in [0.717, 1.165) is 4.47 Å². The van der Waals surface area contributed by atoms with Crippen molar-refractivity contribution in [1.29, 1.82) is 0 Å². The van der Waals surface area contributed by atoms with E-state index in [1.165, 1.54) is 4.90 Å². The standard InChI is InChI=1S/C12H15BrN2O2/c1-2-6-15(7-8-16)12(17)14-11-5-3-4-10(13)9-11/h2-5,9,16H,1,6-8H2,(H,14,17). The highest BCUT2D eigenvalue weighted by atomic mass is 79.9. The molecular weight excluding hydrogens is 284 g/mol. The summed E-state index contributed by atoms with van der Waals surface area (Å²) < 4.78 is 0.896. The van der Waals surface area contributed by atoms with E-state index in [-0.39, 0.29) is 19.2 Å². The third kappa shape index (κ3) is 4.58. The van der Waals surface area contributed by atoms with Crippen LogP contribution in [0.3, 0.4) is 0 Å². The first kappa shape index (κ1) is 13.7. The summed E-state index contributed by atoms with van der Waals surface area (Å²) in [5.41, 5.74) is 0.705. The minimum atomic E-state index is -0.253. The molecule has 2 N–H and O–H groups in total. The van der Waals surface area contributed by atoms with Gasteiger partial charge in [-0.2, -0.15) is 0 Å². The number of anilines is 1. The summed E-state index contributed by atoms with van der Waals surface area (Å²) in [5, 5.41) is 11.6. The van der Waals surface area contributed by atoms with Gasteiger partial charge in [0.05, 0.1) is 6.61 Å². The number of aliphatic hydroxyl groups excluding tert-OH is 1. The van der Waals surface area contributed by atoms with Gasteiger partial charge >= 0.3 is 6.03 Å². The van der Waals surface area contributed by atoms with Crippen molar-refractivity contribution in [3.05, 3.63) is 41.4 Å². The summed E-state index contributed by atoms with van der Waals surface area (Å²) in [6.45, 7) is 4.19. The number of amides is 2. The van der Waals surface area contributed by atoms with Crippen molar-refractivity contribution >= 4 is 27.6 Å². The Morgan fingerprint density at radius 2 is 2.35 bits per heavy atom. The average molecular weight is 299 g/mol. The SMILES string of the molecule is C=CCN(CCO)C(=O)Nc1cccc(Br)c1. The lowest BCUT2D eigenvalue weighted by Crippen LogP contribution is -2.37. The van der Waals surface area contributed by atoms with Gasteiger partial charge < -0.3 is 15.3 Å². The van der Waals surface area contributed by atoms with E-state index in [1.807, 2.05) is 18.2 Å². The summed E-state index contributed by atoms with van der Waals surface area (Å²) >= 11 is 3.33. The number of nitrogens with one attached hydrogen (secondary N) is 1. The topological polar surface area (TPSA) is 52.6 Å². The summed E-state index contributed by atoms with van der Waals surface area (Å²) in [7, 11) is 0. The highest BCUT2D eigenvalue weighted by Gasteiger charge is 2.11. The van der Waals surface area contributed by atoms with Gasteiger partial charge in [0, 0.05) is 23.2 Å². The lowest BCUT2D eigenvalue weighted by atomic mass is 10.3. The monoisotopic (exact) mass is 298 g/mol. The van der Waals surface area contributed by atoms with Gasteiger partial charge in [-0.1, -0.05) is 28.1 Å². The van der Waals surface area contributed by atoms with Crippen LogP contribution < -0.4 is 5.32 Å². The van der Waals surface area contributed by atoms with Crippen molar-refractivity contribution < 1.29 is 9.90 Å². The number of carbonyl (C=O) groups is 1. The summed E-state index contributed by atoms with van der Waals surface area (Å²) in [6, 6.07) is 7.07. The molecule has 2 amide bonds. The zero-order valence-corrected chi connectivity index (χ0v) is 11.0. The molecule has 0 aromatic heterocycles. The highest BCUT2D eigenvalue weighted by molar-refractivity contribution is 9.10. The molecule has 5 heteroatoms. The Hall–Kier alpha value is -1.33. The van der Waals surface area contributed by atoms with Crippen LogP contribution in [0.2, 0.25) is 0 Å². The van der Waals surface area contributed by atoms with Gasteiger partial charge in [0.2, 0.25) is 0 Å². The van der Waals surface area contributed by atoms with Gasteiger partial charge in [-0.3, -0.25) is 0 Å². The maximum Gasteiger partial charge on any atom is 0.322 e. The first-order chi connectivity index (χ1) is 8.17. The predicted molar refractivity (Wildman–Crippen MR) is 72.0 cm³/mol. The van der Waals surface area contributed by atoms with E-state index in [9.17, 15) is 4.79 Å². The van der Waals surface area contributed by atoms with Crippen LogP contribution in [0.5, 0.6) is 0 Å². The highest BCUT2D eigenvalue weighted by Crippen LogP contribution is 2.15. The van der Waals surface area contributed by atoms with E-state index >= 15 is 0 Å². The molecule has 0 unspecified atom stereocenters.